The summed E-state index contributed by atoms with van der Waals surface area (Å²) in [6, 6.07) is 21.0. The SMILES string of the molecule is COc1ccc(-c2c(-c3ccccc3)ccn3cc[n+](C)c23)cc1. The molecule has 2 heterocycles. The van der Waals surface area contributed by atoms with Crippen LogP contribution in [0.15, 0.2) is 79.3 Å². The molecule has 0 bridgehead atoms. The summed E-state index contributed by atoms with van der Waals surface area (Å²) in [6.07, 6.45) is 6.28. The van der Waals surface area contributed by atoms with Gasteiger partial charge in [-0.2, -0.15) is 0 Å². The van der Waals surface area contributed by atoms with Gasteiger partial charge in [0, 0.05) is 5.56 Å². The number of methoxy groups -OCH3 is 1. The summed E-state index contributed by atoms with van der Waals surface area (Å²) in [5.74, 6) is 0.867. The predicted molar refractivity (Wildman–Crippen MR) is 96.0 cm³/mol. The van der Waals surface area contributed by atoms with Gasteiger partial charge in [-0.1, -0.05) is 42.5 Å². The van der Waals surface area contributed by atoms with Crippen LogP contribution in [0.3, 0.4) is 0 Å². The summed E-state index contributed by atoms with van der Waals surface area (Å²) in [6.45, 7) is 0. The fraction of sp³-hybridized carbons (Fsp3) is 0.0952. The summed E-state index contributed by atoms with van der Waals surface area (Å²) in [4.78, 5) is 0. The first-order valence-corrected chi connectivity index (χ1v) is 7.97. The second kappa shape index (κ2) is 5.85. The number of benzene rings is 2. The molecule has 3 nitrogen and oxygen atoms in total. The molecule has 2 aromatic heterocycles. The Balaban J connectivity index is 2.04. The molecule has 0 radical (unpaired) electrons. The zero-order valence-electron chi connectivity index (χ0n) is 13.8. The molecule has 4 aromatic rings. The highest BCUT2D eigenvalue weighted by atomic mass is 16.5. The number of nitrogens with zero attached hydrogens (tertiary/aromatic N) is 2. The van der Waals surface area contributed by atoms with Gasteiger partial charge in [0.1, 0.15) is 18.1 Å². The number of fused-ring (bicyclic) bond motifs is 1. The standard InChI is InChI=1S/C21H19N2O/c1-22-14-15-23-13-12-19(16-6-4-3-5-7-16)20(21(22)23)17-8-10-18(24-2)11-9-17/h3-15H,1-2H3/q+1. The van der Waals surface area contributed by atoms with Crippen molar-refractivity contribution in [1.82, 2.24) is 4.40 Å². The fourth-order valence-electron chi connectivity index (χ4n) is 3.18. The molecule has 0 amide bonds. The van der Waals surface area contributed by atoms with E-state index in [1.807, 2.05) is 18.2 Å². The molecule has 0 saturated carbocycles. The molecule has 3 heteroatoms. The number of aromatic nitrogens is 2. The van der Waals surface area contributed by atoms with Crippen molar-refractivity contribution in [2.24, 2.45) is 7.05 Å². The van der Waals surface area contributed by atoms with Crippen molar-refractivity contribution in [3.05, 3.63) is 79.3 Å². The Bertz CT molecular complexity index is 986. The molecule has 24 heavy (non-hydrogen) atoms. The number of hydrogen-bond acceptors (Lipinski definition) is 1. The average molecular weight is 315 g/mol. The van der Waals surface area contributed by atoms with E-state index >= 15 is 0 Å². The maximum Gasteiger partial charge on any atom is 0.294 e. The zero-order chi connectivity index (χ0) is 16.5. The number of aryl methyl sites for hydroxylation is 1. The van der Waals surface area contributed by atoms with Gasteiger partial charge < -0.3 is 4.74 Å². The van der Waals surface area contributed by atoms with E-state index in [0.29, 0.717) is 0 Å². The molecule has 0 saturated heterocycles. The fourth-order valence-corrected chi connectivity index (χ4v) is 3.18. The van der Waals surface area contributed by atoms with Gasteiger partial charge in [0.05, 0.1) is 25.9 Å². The lowest BCUT2D eigenvalue weighted by Crippen LogP contribution is -2.26. The zero-order valence-corrected chi connectivity index (χ0v) is 13.8. The molecular formula is C21H19N2O+. The van der Waals surface area contributed by atoms with Gasteiger partial charge in [0.15, 0.2) is 0 Å². The summed E-state index contributed by atoms with van der Waals surface area (Å²) in [5, 5.41) is 0. The van der Waals surface area contributed by atoms with E-state index in [0.717, 1.165) is 5.75 Å². The molecular weight excluding hydrogens is 296 g/mol. The highest BCUT2D eigenvalue weighted by Crippen LogP contribution is 2.35. The predicted octanol–water partition coefficient (Wildman–Crippen LogP) is 4.11. The van der Waals surface area contributed by atoms with Gasteiger partial charge in [-0.25, -0.2) is 8.97 Å². The van der Waals surface area contributed by atoms with Crippen LogP contribution in [0.25, 0.3) is 27.9 Å². The van der Waals surface area contributed by atoms with E-state index in [2.05, 4.69) is 77.1 Å². The first-order valence-electron chi connectivity index (χ1n) is 7.97. The number of ether oxygens (including phenoxy) is 1. The third-order valence-corrected chi connectivity index (χ3v) is 4.39. The molecule has 118 valence electrons. The van der Waals surface area contributed by atoms with Gasteiger partial charge in [0.2, 0.25) is 0 Å². The number of hydrogen-bond donors (Lipinski definition) is 0. The topological polar surface area (TPSA) is 17.5 Å². The maximum absolute atomic E-state index is 5.31. The lowest BCUT2D eigenvalue weighted by atomic mass is 9.95. The number of imidazole rings is 1. The van der Waals surface area contributed by atoms with E-state index in [1.54, 1.807) is 7.11 Å². The van der Waals surface area contributed by atoms with Crippen LogP contribution in [0.5, 0.6) is 5.75 Å². The summed E-state index contributed by atoms with van der Waals surface area (Å²) in [5.41, 5.74) is 6.00. The van der Waals surface area contributed by atoms with Crippen LogP contribution in [0.1, 0.15) is 0 Å². The second-order valence-electron chi connectivity index (χ2n) is 5.84. The molecule has 4 rings (SSSR count). The van der Waals surface area contributed by atoms with Crippen LogP contribution in [-0.2, 0) is 7.05 Å². The normalized spacial score (nSPS) is 10.9. The van der Waals surface area contributed by atoms with Gasteiger partial charge in [-0.05, 0) is 29.3 Å². The molecule has 0 aliphatic carbocycles. The van der Waals surface area contributed by atoms with Crippen molar-refractivity contribution in [2.75, 3.05) is 7.11 Å². The third kappa shape index (κ3) is 2.35. The molecule has 0 aliphatic rings. The molecule has 0 unspecified atom stereocenters. The maximum atomic E-state index is 5.31. The summed E-state index contributed by atoms with van der Waals surface area (Å²) < 4.78 is 9.62. The summed E-state index contributed by atoms with van der Waals surface area (Å²) in [7, 11) is 3.77. The molecule has 0 N–H and O–H groups in total. The highest BCUT2D eigenvalue weighted by molar-refractivity contribution is 5.90. The van der Waals surface area contributed by atoms with Gasteiger partial charge in [0.25, 0.3) is 5.65 Å². The smallest absolute Gasteiger partial charge is 0.294 e. The third-order valence-electron chi connectivity index (χ3n) is 4.39. The molecule has 2 aromatic carbocycles. The molecule has 0 spiro atoms. The number of rotatable bonds is 3. The van der Waals surface area contributed by atoms with Crippen molar-refractivity contribution >= 4 is 5.65 Å². The molecule has 0 aliphatic heterocycles. The van der Waals surface area contributed by atoms with Crippen molar-refractivity contribution in [3.63, 3.8) is 0 Å². The lowest BCUT2D eigenvalue weighted by Gasteiger charge is -2.10. The van der Waals surface area contributed by atoms with Gasteiger partial charge in [-0.3, -0.25) is 0 Å². The van der Waals surface area contributed by atoms with Crippen molar-refractivity contribution < 1.29 is 9.30 Å². The molecule has 0 atom stereocenters. The van der Waals surface area contributed by atoms with E-state index in [1.165, 1.54) is 27.9 Å². The average Bonchev–Trinajstić information content (AvgIpc) is 3.03. The molecule has 0 fully saturated rings. The first-order chi connectivity index (χ1) is 11.8. The van der Waals surface area contributed by atoms with E-state index < -0.39 is 0 Å². The largest absolute Gasteiger partial charge is 0.497 e. The monoisotopic (exact) mass is 315 g/mol. The lowest BCUT2D eigenvalue weighted by molar-refractivity contribution is -0.644. The van der Waals surface area contributed by atoms with Gasteiger partial charge >= 0.3 is 0 Å². The van der Waals surface area contributed by atoms with Crippen LogP contribution in [0, 0.1) is 0 Å². The minimum absolute atomic E-state index is 0.867. The first kappa shape index (κ1) is 14.5. The van der Waals surface area contributed by atoms with Crippen LogP contribution in [-0.4, -0.2) is 11.5 Å². The van der Waals surface area contributed by atoms with E-state index in [-0.39, 0.29) is 0 Å². The van der Waals surface area contributed by atoms with Gasteiger partial charge in [-0.15, -0.1) is 0 Å². The Morgan fingerprint density at radius 1 is 0.833 bits per heavy atom. The Morgan fingerprint density at radius 3 is 2.29 bits per heavy atom. The second-order valence-corrected chi connectivity index (χ2v) is 5.84. The van der Waals surface area contributed by atoms with Crippen LogP contribution < -0.4 is 9.30 Å². The Kier molecular flexibility index (Phi) is 3.54. The highest BCUT2D eigenvalue weighted by Gasteiger charge is 2.19. The van der Waals surface area contributed by atoms with Crippen LogP contribution in [0.2, 0.25) is 0 Å². The summed E-state index contributed by atoms with van der Waals surface area (Å²) >= 11 is 0. The van der Waals surface area contributed by atoms with E-state index in [4.69, 9.17) is 4.74 Å². The van der Waals surface area contributed by atoms with Crippen LogP contribution in [0.4, 0.5) is 0 Å². The van der Waals surface area contributed by atoms with Crippen LogP contribution >= 0.6 is 0 Å². The minimum atomic E-state index is 0.867. The van der Waals surface area contributed by atoms with E-state index in [9.17, 15) is 0 Å². The van der Waals surface area contributed by atoms with Crippen molar-refractivity contribution in [1.29, 1.82) is 0 Å². The Hall–Kier alpha value is -3.07. The van der Waals surface area contributed by atoms with Crippen molar-refractivity contribution in [2.45, 2.75) is 0 Å². The minimum Gasteiger partial charge on any atom is -0.497 e. The number of pyridine rings is 1. The van der Waals surface area contributed by atoms with Crippen molar-refractivity contribution in [3.8, 4) is 28.0 Å². The Labute approximate surface area is 141 Å². The Morgan fingerprint density at radius 2 is 1.58 bits per heavy atom. The quantitative estimate of drug-likeness (QED) is 0.520.